The molecule has 1 aliphatic carbocycles. The zero-order valence-electron chi connectivity index (χ0n) is 12.9. The summed E-state index contributed by atoms with van der Waals surface area (Å²) in [5, 5.41) is 9.95. The van der Waals surface area contributed by atoms with Crippen LogP contribution in [-0.4, -0.2) is 26.9 Å². The average Bonchev–Trinajstić information content (AvgIpc) is 3.07. The highest BCUT2D eigenvalue weighted by molar-refractivity contribution is 5.96. The summed E-state index contributed by atoms with van der Waals surface area (Å²) < 4.78 is 0. The minimum absolute atomic E-state index is 0.146. The van der Waals surface area contributed by atoms with Crippen molar-refractivity contribution in [3.8, 4) is 5.75 Å². The molecule has 0 saturated heterocycles. The molecule has 1 aromatic carbocycles. The van der Waals surface area contributed by atoms with Crippen molar-refractivity contribution in [2.75, 3.05) is 0 Å². The zero-order valence-corrected chi connectivity index (χ0v) is 12.9. The lowest BCUT2D eigenvalue weighted by molar-refractivity contribution is 0.0661. The van der Waals surface area contributed by atoms with Crippen molar-refractivity contribution < 1.29 is 9.90 Å². The van der Waals surface area contributed by atoms with Crippen LogP contribution in [0.5, 0.6) is 5.75 Å². The van der Waals surface area contributed by atoms with Gasteiger partial charge >= 0.3 is 0 Å². The van der Waals surface area contributed by atoms with E-state index in [4.69, 9.17) is 0 Å². The maximum absolute atomic E-state index is 12.9. The molecule has 2 aromatic rings. The first-order valence-electron chi connectivity index (χ1n) is 7.92. The minimum atomic E-state index is -0.422. The number of aromatic amines is 1. The molecule has 23 heavy (non-hydrogen) atoms. The van der Waals surface area contributed by atoms with E-state index in [1.807, 2.05) is 35.2 Å². The first-order chi connectivity index (χ1) is 11.1. The molecule has 5 heteroatoms. The molecule has 0 bridgehead atoms. The fourth-order valence-corrected chi connectivity index (χ4v) is 3.15. The Kier molecular flexibility index (Phi) is 4.46. The van der Waals surface area contributed by atoms with Crippen molar-refractivity contribution in [3.05, 3.63) is 64.1 Å². The summed E-state index contributed by atoms with van der Waals surface area (Å²) in [5.74, 6) is -0.510. The van der Waals surface area contributed by atoms with Gasteiger partial charge in [-0.05, 0) is 18.4 Å². The van der Waals surface area contributed by atoms with Crippen molar-refractivity contribution >= 4 is 5.91 Å². The quantitative estimate of drug-likeness (QED) is 0.911. The Bertz CT molecular complexity index is 733. The Hall–Kier alpha value is -2.56. The number of pyridine rings is 1. The Morgan fingerprint density at radius 3 is 2.57 bits per heavy atom. The van der Waals surface area contributed by atoms with Crippen LogP contribution >= 0.6 is 0 Å². The lowest BCUT2D eigenvalue weighted by atomic mass is 10.1. The molecule has 5 nitrogen and oxygen atoms in total. The Labute approximate surface area is 134 Å². The molecular weight excluding hydrogens is 292 g/mol. The first-order valence-corrected chi connectivity index (χ1v) is 7.92. The summed E-state index contributed by atoms with van der Waals surface area (Å²) in [6, 6.07) is 11.0. The third-order valence-corrected chi connectivity index (χ3v) is 4.36. The van der Waals surface area contributed by atoms with E-state index >= 15 is 0 Å². The normalized spacial score (nSPS) is 14.8. The second kappa shape index (κ2) is 6.69. The minimum Gasteiger partial charge on any atom is -0.507 e. The molecule has 1 amide bonds. The number of amides is 1. The van der Waals surface area contributed by atoms with E-state index in [0.29, 0.717) is 6.54 Å². The molecule has 0 spiro atoms. The highest BCUT2D eigenvalue weighted by Gasteiger charge is 2.29. The summed E-state index contributed by atoms with van der Waals surface area (Å²) in [4.78, 5) is 28.4. The average molecular weight is 312 g/mol. The Morgan fingerprint density at radius 1 is 1.22 bits per heavy atom. The monoisotopic (exact) mass is 312 g/mol. The van der Waals surface area contributed by atoms with Crippen LogP contribution < -0.4 is 5.56 Å². The van der Waals surface area contributed by atoms with Crippen molar-refractivity contribution in [1.29, 1.82) is 0 Å². The smallest absolute Gasteiger partial charge is 0.259 e. The van der Waals surface area contributed by atoms with E-state index in [-0.39, 0.29) is 23.3 Å². The summed E-state index contributed by atoms with van der Waals surface area (Å²) >= 11 is 0. The molecule has 2 N–H and O–H groups in total. The summed E-state index contributed by atoms with van der Waals surface area (Å²) in [6.07, 6.45) is 5.47. The van der Waals surface area contributed by atoms with Crippen LogP contribution in [0.4, 0.5) is 0 Å². The zero-order chi connectivity index (χ0) is 16.2. The first kappa shape index (κ1) is 15.3. The predicted octanol–water partition coefficient (Wildman–Crippen LogP) is 2.67. The van der Waals surface area contributed by atoms with E-state index in [9.17, 15) is 14.7 Å². The van der Waals surface area contributed by atoms with E-state index in [1.54, 1.807) is 0 Å². The number of hydrogen-bond acceptors (Lipinski definition) is 3. The SMILES string of the molecule is O=C(c1c[nH]c(=O)cc1O)N(Cc1ccccc1)C1CCCC1. The second-order valence-corrected chi connectivity index (χ2v) is 5.95. The molecule has 1 aliphatic rings. The Morgan fingerprint density at radius 2 is 1.91 bits per heavy atom. The largest absolute Gasteiger partial charge is 0.507 e. The van der Waals surface area contributed by atoms with Crippen LogP contribution in [0.3, 0.4) is 0 Å². The summed E-state index contributed by atoms with van der Waals surface area (Å²) in [7, 11) is 0. The number of nitrogens with zero attached hydrogens (tertiary/aromatic N) is 1. The number of H-pyrrole nitrogens is 1. The lowest BCUT2D eigenvalue weighted by Gasteiger charge is -2.29. The number of aromatic hydroxyl groups is 1. The second-order valence-electron chi connectivity index (χ2n) is 5.95. The predicted molar refractivity (Wildman–Crippen MR) is 87.3 cm³/mol. The van der Waals surface area contributed by atoms with Crippen molar-refractivity contribution in [2.45, 2.75) is 38.3 Å². The topological polar surface area (TPSA) is 73.4 Å². The number of hydrogen-bond donors (Lipinski definition) is 2. The third kappa shape index (κ3) is 3.44. The van der Waals surface area contributed by atoms with Gasteiger partial charge in [0.05, 0.1) is 5.56 Å². The van der Waals surface area contributed by atoms with Gasteiger partial charge in [-0.25, -0.2) is 0 Å². The highest BCUT2D eigenvalue weighted by Crippen LogP contribution is 2.27. The lowest BCUT2D eigenvalue weighted by Crippen LogP contribution is -2.38. The van der Waals surface area contributed by atoms with E-state index in [2.05, 4.69) is 4.98 Å². The molecule has 1 saturated carbocycles. The number of nitrogens with one attached hydrogen (secondary N) is 1. The van der Waals surface area contributed by atoms with Crippen LogP contribution in [0.25, 0.3) is 0 Å². The van der Waals surface area contributed by atoms with Gasteiger partial charge in [-0.2, -0.15) is 0 Å². The van der Waals surface area contributed by atoms with Crippen molar-refractivity contribution in [1.82, 2.24) is 9.88 Å². The van der Waals surface area contributed by atoms with Crippen LogP contribution in [-0.2, 0) is 6.54 Å². The van der Waals surface area contributed by atoms with Crippen LogP contribution in [0, 0.1) is 0 Å². The van der Waals surface area contributed by atoms with Crippen LogP contribution in [0.15, 0.2) is 47.4 Å². The van der Waals surface area contributed by atoms with Crippen LogP contribution in [0.2, 0.25) is 0 Å². The number of aromatic nitrogens is 1. The molecule has 0 unspecified atom stereocenters. The van der Waals surface area contributed by atoms with Gasteiger partial charge in [0.15, 0.2) is 0 Å². The van der Waals surface area contributed by atoms with E-state index < -0.39 is 5.56 Å². The van der Waals surface area contributed by atoms with Gasteiger partial charge in [0.2, 0.25) is 0 Å². The standard InChI is InChI=1S/C18H20N2O3/c21-16-10-17(22)19-11-15(16)18(23)20(14-8-4-5-9-14)12-13-6-2-1-3-7-13/h1-3,6-7,10-11,14H,4-5,8-9,12H2,(H2,19,21,22). The van der Waals surface area contributed by atoms with Crippen molar-refractivity contribution in [2.24, 2.45) is 0 Å². The summed E-state index contributed by atoms with van der Waals surface area (Å²) in [5.41, 5.74) is 0.777. The molecule has 0 radical (unpaired) electrons. The number of rotatable bonds is 4. The molecule has 3 rings (SSSR count). The maximum atomic E-state index is 12.9. The Balaban J connectivity index is 1.90. The van der Waals surface area contributed by atoms with E-state index in [1.165, 1.54) is 6.20 Å². The van der Waals surface area contributed by atoms with Gasteiger partial charge in [-0.3, -0.25) is 9.59 Å². The number of carbonyl (C=O) groups is 1. The molecule has 1 aromatic heterocycles. The third-order valence-electron chi connectivity index (χ3n) is 4.36. The van der Waals surface area contributed by atoms with Gasteiger partial charge in [-0.15, -0.1) is 0 Å². The molecule has 0 atom stereocenters. The fraction of sp³-hybridized carbons (Fsp3) is 0.333. The molecule has 1 heterocycles. The van der Waals surface area contributed by atoms with Gasteiger partial charge in [0, 0.05) is 24.8 Å². The number of benzene rings is 1. The van der Waals surface area contributed by atoms with Gasteiger partial charge < -0.3 is 15.0 Å². The van der Waals surface area contributed by atoms with Crippen LogP contribution in [0.1, 0.15) is 41.6 Å². The van der Waals surface area contributed by atoms with Crippen molar-refractivity contribution in [3.63, 3.8) is 0 Å². The van der Waals surface area contributed by atoms with E-state index in [0.717, 1.165) is 37.3 Å². The molecule has 1 fully saturated rings. The summed E-state index contributed by atoms with van der Waals surface area (Å²) in [6.45, 7) is 0.503. The molecular formula is C18H20N2O3. The number of carbonyl (C=O) groups excluding carboxylic acids is 1. The fourth-order valence-electron chi connectivity index (χ4n) is 3.15. The van der Waals surface area contributed by atoms with Gasteiger partial charge in [0.25, 0.3) is 11.5 Å². The molecule has 120 valence electrons. The molecule has 0 aliphatic heterocycles. The van der Waals surface area contributed by atoms with Gasteiger partial charge in [0.1, 0.15) is 5.75 Å². The van der Waals surface area contributed by atoms with Gasteiger partial charge in [-0.1, -0.05) is 43.2 Å². The maximum Gasteiger partial charge on any atom is 0.259 e. The highest BCUT2D eigenvalue weighted by atomic mass is 16.3.